The summed E-state index contributed by atoms with van der Waals surface area (Å²) < 4.78 is 0. The summed E-state index contributed by atoms with van der Waals surface area (Å²) in [5.74, 6) is -0.826. The molecule has 1 saturated carbocycles. The lowest BCUT2D eigenvalue weighted by molar-refractivity contribution is -0.146. The van der Waals surface area contributed by atoms with Crippen LogP contribution in [0.15, 0.2) is 24.3 Å². The first-order valence-electron chi connectivity index (χ1n) is 6.78. The van der Waals surface area contributed by atoms with Gasteiger partial charge in [0.25, 0.3) is 5.91 Å². The van der Waals surface area contributed by atoms with Gasteiger partial charge in [0.05, 0.1) is 0 Å². The molecule has 108 valence electrons. The molecule has 3 N–H and O–H groups in total. The molecule has 2 rings (SSSR count). The number of rotatable bonds is 3. The molecule has 1 amide bonds. The molecule has 5 nitrogen and oxygen atoms in total. The smallest absolute Gasteiger partial charge is 0.329 e. The molecule has 0 radical (unpaired) electrons. The van der Waals surface area contributed by atoms with Crippen LogP contribution in [0.25, 0.3) is 0 Å². The largest absolute Gasteiger partial charge is 0.508 e. The Morgan fingerprint density at radius 2 is 1.75 bits per heavy atom. The van der Waals surface area contributed by atoms with Crippen molar-refractivity contribution >= 4 is 11.9 Å². The maximum atomic E-state index is 12.2. The van der Waals surface area contributed by atoms with E-state index >= 15 is 0 Å². The van der Waals surface area contributed by atoms with Gasteiger partial charge in [0.2, 0.25) is 0 Å². The molecule has 1 aliphatic carbocycles. The van der Waals surface area contributed by atoms with E-state index in [1.165, 1.54) is 24.3 Å². The van der Waals surface area contributed by atoms with Crippen LogP contribution in [0.5, 0.6) is 5.75 Å². The first-order chi connectivity index (χ1) is 9.43. The molecule has 0 aromatic heterocycles. The fourth-order valence-corrected chi connectivity index (χ4v) is 2.55. The van der Waals surface area contributed by atoms with E-state index in [0.717, 1.165) is 12.8 Å². The lowest BCUT2D eigenvalue weighted by Gasteiger charge is -2.36. The van der Waals surface area contributed by atoms with Crippen LogP contribution in [0.2, 0.25) is 0 Å². The van der Waals surface area contributed by atoms with Crippen LogP contribution in [0, 0.1) is 5.92 Å². The Bertz CT molecular complexity index is 501. The van der Waals surface area contributed by atoms with E-state index in [1.807, 2.05) is 0 Å². The average molecular weight is 277 g/mol. The van der Waals surface area contributed by atoms with E-state index < -0.39 is 17.4 Å². The first-order valence-corrected chi connectivity index (χ1v) is 6.78. The van der Waals surface area contributed by atoms with Crippen LogP contribution in [-0.4, -0.2) is 27.6 Å². The number of phenols is 1. The van der Waals surface area contributed by atoms with Gasteiger partial charge in [0, 0.05) is 5.56 Å². The van der Waals surface area contributed by atoms with Crippen LogP contribution >= 0.6 is 0 Å². The van der Waals surface area contributed by atoms with Crippen LogP contribution in [-0.2, 0) is 4.79 Å². The second-order valence-electron chi connectivity index (χ2n) is 5.57. The number of carbonyl (C=O) groups is 2. The van der Waals surface area contributed by atoms with Crippen molar-refractivity contribution in [3.8, 4) is 5.75 Å². The minimum Gasteiger partial charge on any atom is -0.508 e. The summed E-state index contributed by atoms with van der Waals surface area (Å²) in [4.78, 5) is 23.7. The topological polar surface area (TPSA) is 86.6 Å². The van der Waals surface area contributed by atoms with Crippen molar-refractivity contribution in [1.29, 1.82) is 0 Å². The van der Waals surface area contributed by atoms with Gasteiger partial charge in [-0.3, -0.25) is 4.79 Å². The minimum absolute atomic E-state index is 0.0704. The number of carboxylic acids is 1. The third-order valence-electron chi connectivity index (χ3n) is 4.02. The Morgan fingerprint density at radius 3 is 2.25 bits per heavy atom. The Balaban J connectivity index is 2.14. The zero-order valence-corrected chi connectivity index (χ0v) is 11.4. The molecule has 5 heteroatoms. The zero-order valence-electron chi connectivity index (χ0n) is 11.4. The Kier molecular flexibility index (Phi) is 3.97. The van der Waals surface area contributed by atoms with Crippen molar-refractivity contribution in [3.63, 3.8) is 0 Å². The summed E-state index contributed by atoms with van der Waals surface area (Å²) in [6, 6.07) is 5.77. The Hall–Kier alpha value is -2.04. The maximum absolute atomic E-state index is 12.2. The number of nitrogens with one attached hydrogen (secondary N) is 1. The summed E-state index contributed by atoms with van der Waals surface area (Å²) in [5, 5.41) is 21.3. The predicted molar refractivity (Wildman–Crippen MR) is 73.6 cm³/mol. The molecule has 0 unspecified atom stereocenters. The lowest BCUT2D eigenvalue weighted by atomic mass is 9.77. The van der Waals surface area contributed by atoms with Gasteiger partial charge in [-0.25, -0.2) is 4.79 Å². The third-order valence-corrected chi connectivity index (χ3v) is 4.02. The van der Waals surface area contributed by atoms with Crippen molar-refractivity contribution in [2.75, 3.05) is 0 Å². The van der Waals surface area contributed by atoms with Gasteiger partial charge in [-0.1, -0.05) is 6.92 Å². The Labute approximate surface area is 117 Å². The molecule has 1 aromatic carbocycles. The molecule has 1 aliphatic rings. The molecule has 0 atom stereocenters. The number of hydrogen-bond donors (Lipinski definition) is 3. The highest BCUT2D eigenvalue weighted by Crippen LogP contribution is 2.32. The maximum Gasteiger partial charge on any atom is 0.329 e. The molecule has 20 heavy (non-hydrogen) atoms. The number of carboxylic acid groups (broad SMARTS) is 1. The highest BCUT2D eigenvalue weighted by Gasteiger charge is 2.42. The molecule has 0 bridgehead atoms. The predicted octanol–water partition coefficient (Wildman–Crippen LogP) is 2.16. The van der Waals surface area contributed by atoms with Crippen molar-refractivity contribution < 1.29 is 19.8 Å². The normalized spacial score (nSPS) is 25.9. The van der Waals surface area contributed by atoms with Crippen LogP contribution in [0.4, 0.5) is 0 Å². The van der Waals surface area contributed by atoms with Gasteiger partial charge in [-0.15, -0.1) is 0 Å². The second-order valence-corrected chi connectivity index (χ2v) is 5.57. The number of amides is 1. The van der Waals surface area contributed by atoms with E-state index in [1.54, 1.807) is 0 Å². The van der Waals surface area contributed by atoms with Gasteiger partial charge in [0.15, 0.2) is 0 Å². The quantitative estimate of drug-likeness (QED) is 0.790. The summed E-state index contributed by atoms with van der Waals surface area (Å²) in [5.41, 5.74) is -0.816. The standard InChI is InChI=1S/C15H19NO4/c1-10-6-8-15(9-7-10,14(19)20)16-13(18)11-2-4-12(17)5-3-11/h2-5,10,17H,6-9H2,1H3,(H,16,18)(H,19,20). The van der Waals surface area contributed by atoms with E-state index in [4.69, 9.17) is 0 Å². The van der Waals surface area contributed by atoms with E-state index in [2.05, 4.69) is 12.2 Å². The highest BCUT2D eigenvalue weighted by molar-refractivity contribution is 5.98. The Morgan fingerprint density at radius 1 is 1.20 bits per heavy atom. The van der Waals surface area contributed by atoms with Gasteiger partial charge in [0.1, 0.15) is 11.3 Å². The van der Waals surface area contributed by atoms with Crippen molar-refractivity contribution in [1.82, 2.24) is 5.32 Å². The number of hydrogen-bond acceptors (Lipinski definition) is 3. The van der Waals surface area contributed by atoms with Gasteiger partial charge < -0.3 is 15.5 Å². The fraction of sp³-hybridized carbons (Fsp3) is 0.467. The van der Waals surface area contributed by atoms with Crippen LogP contribution in [0.1, 0.15) is 43.0 Å². The number of aliphatic carboxylic acids is 1. The van der Waals surface area contributed by atoms with E-state index in [-0.39, 0.29) is 5.75 Å². The molecular formula is C15H19NO4. The minimum atomic E-state index is -1.17. The van der Waals surface area contributed by atoms with Crippen LogP contribution < -0.4 is 5.32 Å². The van der Waals surface area contributed by atoms with Crippen molar-refractivity contribution in [3.05, 3.63) is 29.8 Å². The lowest BCUT2D eigenvalue weighted by Crippen LogP contribution is -2.56. The van der Waals surface area contributed by atoms with Crippen molar-refractivity contribution in [2.24, 2.45) is 5.92 Å². The summed E-state index contributed by atoms with van der Waals surface area (Å²) >= 11 is 0. The molecule has 1 fully saturated rings. The molecule has 1 aromatic rings. The van der Waals surface area contributed by atoms with Gasteiger partial charge in [-0.05, 0) is 55.9 Å². The highest BCUT2D eigenvalue weighted by atomic mass is 16.4. The molecule has 0 spiro atoms. The second kappa shape index (κ2) is 5.53. The molecular weight excluding hydrogens is 258 g/mol. The summed E-state index contributed by atoms with van der Waals surface area (Å²) in [6.45, 7) is 2.09. The molecule has 0 heterocycles. The zero-order chi connectivity index (χ0) is 14.8. The third kappa shape index (κ3) is 2.92. The van der Waals surface area contributed by atoms with E-state index in [9.17, 15) is 19.8 Å². The summed E-state index contributed by atoms with van der Waals surface area (Å²) in [7, 11) is 0. The van der Waals surface area contributed by atoms with E-state index in [0.29, 0.717) is 24.3 Å². The van der Waals surface area contributed by atoms with Gasteiger partial charge >= 0.3 is 5.97 Å². The van der Waals surface area contributed by atoms with Gasteiger partial charge in [-0.2, -0.15) is 0 Å². The monoisotopic (exact) mass is 277 g/mol. The number of carbonyl (C=O) groups excluding carboxylic acids is 1. The first kappa shape index (κ1) is 14.4. The van der Waals surface area contributed by atoms with Crippen LogP contribution in [0.3, 0.4) is 0 Å². The summed E-state index contributed by atoms with van der Waals surface area (Å²) in [6.07, 6.45) is 2.49. The average Bonchev–Trinajstić information content (AvgIpc) is 2.42. The number of aromatic hydroxyl groups is 1. The molecule has 0 saturated heterocycles. The molecule has 0 aliphatic heterocycles. The fourth-order valence-electron chi connectivity index (χ4n) is 2.55. The SMILES string of the molecule is CC1CCC(NC(=O)c2ccc(O)cc2)(C(=O)O)CC1. The number of phenolic OH excluding ortho intramolecular Hbond substituents is 1. The van der Waals surface area contributed by atoms with Crippen molar-refractivity contribution in [2.45, 2.75) is 38.1 Å². The number of benzene rings is 1.